The summed E-state index contributed by atoms with van der Waals surface area (Å²) in [5.41, 5.74) is -0.653. The Labute approximate surface area is 182 Å². The Morgan fingerprint density at radius 2 is 1.78 bits per heavy atom. The number of aromatic nitrogens is 1. The first-order chi connectivity index (χ1) is 15.2. The minimum Gasteiger partial charge on any atom is -0.348 e. The zero-order chi connectivity index (χ0) is 22.7. The molecule has 1 amide bonds. The van der Waals surface area contributed by atoms with Crippen LogP contribution in [0.4, 0.5) is 13.2 Å². The Bertz CT molecular complexity index is 1180. The number of carbonyl (C=O) groups is 2. The van der Waals surface area contributed by atoms with Crippen molar-refractivity contribution < 1.29 is 22.8 Å². The summed E-state index contributed by atoms with van der Waals surface area (Å²) < 4.78 is 42.5. The number of halogens is 3. The lowest BCUT2D eigenvalue weighted by molar-refractivity contribution is 0.0620. The third-order valence-corrected chi connectivity index (χ3v) is 7.49. The zero-order valence-electron chi connectivity index (χ0n) is 17.6. The number of carbonyl (C=O) groups excluding carboxylic acids is 2. The molecule has 4 unspecified atom stereocenters. The van der Waals surface area contributed by atoms with Crippen LogP contribution in [0.5, 0.6) is 0 Å². The highest BCUT2D eigenvalue weighted by atomic mass is 19.1. The van der Waals surface area contributed by atoms with Crippen LogP contribution in [0, 0.1) is 48.0 Å². The van der Waals surface area contributed by atoms with Gasteiger partial charge in [0.1, 0.15) is 23.0 Å². The van der Waals surface area contributed by atoms with E-state index in [1.165, 1.54) is 6.20 Å². The van der Waals surface area contributed by atoms with E-state index in [0.717, 1.165) is 25.7 Å². The third-order valence-electron chi connectivity index (χ3n) is 7.49. The molecule has 4 atom stereocenters. The summed E-state index contributed by atoms with van der Waals surface area (Å²) in [7, 11) is 0. The fraction of sp³-hybridized carbons (Fsp3) is 0.458. The van der Waals surface area contributed by atoms with E-state index >= 15 is 0 Å². The predicted octanol–water partition coefficient (Wildman–Crippen LogP) is 3.75. The van der Waals surface area contributed by atoms with E-state index in [4.69, 9.17) is 0 Å². The van der Waals surface area contributed by atoms with Gasteiger partial charge < -0.3 is 9.88 Å². The van der Waals surface area contributed by atoms with Gasteiger partial charge in [-0.1, -0.05) is 6.42 Å². The Kier molecular flexibility index (Phi) is 4.98. The molecular weight excluding hydrogens is 421 g/mol. The van der Waals surface area contributed by atoms with Gasteiger partial charge in [0.2, 0.25) is 0 Å². The molecule has 1 aliphatic heterocycles. The second-order valence-electron chi connectivity index (χ2n) is 9.35. The molecule has 0 radical (unpaired) electrons. The summed E-state index contributed by atoms with van der Waals surface area (Å²) in [6.07, 6.45) is 5.64. The first-order valence-electron chi connectivity index (χ1n) is 10.9. The number of amides is 1. The molecule has 1 N–H and O–H groups in total. The zero-order valence-corrected chi connectivity index (χ0v) is 17.6. The average Bonchev–Trinajstić information content (AvgIpc) is 3.10. The van der Waals surface area contributed by atoms with Crippen molar-refractivity contribution >= 4 is 11.7 Å². The molecule has 1 aromatic carbocycles. The molecule has 2 bridgehead atoms. The Morgan fingerprint density at radius 3 is 2.50 bits per heavy atom. The minimum absolute atomic E-state index is 0.0105. The first kappa shape index (κ1) is 21.0. The molecule has 8 heteroatoms. The Morgan fingerprint density at radius 1 is 1.09 bits per heavy atom. The number of pyridine rings is 1. The maximum atomic E-state index is 13.9. The van der Waals surface area contributed by atoms with Gasteiger partial charge >= 0.3 is 0 Å². The van der Waals surface area contributed by atoms with Crippen molar-refractivity contribution in [1.29, 1.82) is 0 Å². The Hall–Kier alpha value is -2.90. The molecule has 168 valence electrons. The second-order valence-corrected chi connectivity index (χ2v) is 9.35. The molecule has 2 saturated carbocycles. The van der Waals surface area contributed by atoms with Gasteiger partial charge in [-0.3, -0.25) is 14.4 Å². The van der Waals surface area contributed by atoms with E-state index in [0.29, 0.717) is 36.2 Å². The van der Waals surface area contributed by atoms with Crippen LogP contribution >= 0.6 is 0 Å². The molecule has 32 heavy (non-hydrogen) atoms. The van der Waals surface area contributed by atoms with Crippen molar-refractivity contribution in [2.24, 2.45) is 23.7 Å². The van der Waals surface area contributed by atoms with Crippen molar-refractivity contribution in [3.63, 3.8) is 0 Å². The van der Waals surface area contributed by atoms with Crippen LogP contribution in [0.1, 0.15) is 57.7 Å². The maximum absolute atomic E-state index is 13.9. The molecule has 2 aliphatic carbocycles. The smallest absolute Gasteiger partial charge is 0.257 e. The van der Waals surface area contributed by atoms with Crippen molar-refractivity contribution in [2.75, 3.05) is 0 Å². The monoisotopic (exact) mass is 444 g/mol. The van der Waals surface area contributed by atoms with Crippen LogP contribution in [-0.4, -0.2) is 16.3 Å². The van der Waals surface area contributed by atoms with E-state index < -0.39 is 40.9 Å². The number of ketones is 1. The number of benzene rings is 1. The lowest BCUT2D eigenvalue weighted by Gasteiger charge is -2.40. The van der Waals surface area contributed by atoms with Gasteiger partial charge in [-0.15, -0.1) is 0 Å². The lowest BCUT2D eigenvalue weighted by atomic mass is 9.67. The van der Waals surface area contributed by atoms with Crippen molar-refractivity contribution in [3.05, 3.63) is 68.4 Å². The highest BCUT2D eigenvalue weighted by Gasteiger charge is 2.48. The molecule has 2 fully saturated rings. The standard InChI is InChI=1S/C24H23F3N2O3/c1-11-21-23(31)20-13-3-2-12(4-13)5-14(20)9-29(21)10-17(22(11)30)24(32)28-8-16-18(26)6-15(25)7-19(16)27/h6-7,10,12-14,20H,2-5,8-9H2,1H3,(H,28,32). The molecule has 5 rings (SSSR count). The summed E-state index contributed by atoms with van der Waals surface area (Å²) >= 11 is 0. The van der Waals surface area contributed by atoms with Gasteiger partial charge in [-0.05, 0) is 43.9 Å². The lowest BCUT2D eigenvalue weighted by Crippen LogP contribution is -2.44. The van der Waals surface area contributed by atoms with Gasteiger partial charge in [-0.25, -0.2) is 13.2 Å². The number of hydrogen-bond acceptors (Lipinski definition) is 3. The van der Waals surface area contributed by atoms with E-state index in [9.17, 15) is 27.6 Å². The molecule has 0 saturated heterocycles. The number of hydrogen-bond donors (Lipinski definition) is 1. The summed E-state index contributed by atoms with van der Waals surface area (Å²) in [6, 6.07) is 1.06. The van der Waals surface area contributed by atoms with Crippen LogP contribution < -0.4 is 10.7 Å². The SMILES string of the molecule is Cc1c2n(cc(C(=O)NCc3c(F)cc(F)cc3F)c1=O)CC1CC3CCC(C3)C1C2=O. The van der Waals surface area contributed by atoms with E-state index in [1.807, 2.05) is 0 Å². The minimum atomic E-state index is -1.12. The fourth-order valence-corrected chi connectivity index (χ4v) is 6.08. The van der Waals surface area contributed by atoms with Crippen LogP contribution in [-0.2, 0) is 13.1 Å². The van der Waals surface area contributed by atoms with Crippen molar-refractivity contribution in [2.45, 2.75) is 45.7 Å². The fourth-order valence-electron chi connectivity index (χ4n) is 6.08. The number of nitrogens with one attached hydrogen (secondary N) is 1. The van der Waals surface area contributed by atoms with Gasteiger partial charge in [0, 0.05) is 48.5 Å². The molecule has 2 heterocycles. The van der Waals surface area contributed by atoms with Crippen LogP contribution in [0.2, 0.25) is 0 Å². The first-order valence-corrected chi connectivity index (χ1v) is 10.9. The second kappa shape index (κ2) is 7.60. The number of Topliss-reactive ketones (excluding diaryl/α,β-unsaturated/α-hetero) is 1. The predicted molar refractivity (Wildman–Crippen MR) is 110 cm³/mol. The topological polar surface area (TPSA) is 68.2 Å². The third kappa shape index (κ3) is 3.27. The summed E-state index contributed by atoms with van der Waals surface area (Å²) in [4.78, 5) is 39.0. The highest BCUT2D eigenvalue weighted by Crippen LogP contribution is 2.51. The quantitative estimate of drug-likeness (QED) is 0.784. The van der Waals surface area contributed by atoms with Gasteiger partial charge in [0.05, 0.1) is 5.69 Å². The van der Waals surface area contributed by atoms with E-state index in [1.54, 1.807) is 11.5 Å². The molecule has 2 aromatic rings. The normalized spacial score (nSPS) is 25.9. The summed E-state index contributed by atoms with van der Waals surface area (Å²) in [6.45, 7) is 1.58. The largest absolute Gasteiger partial charge is 0.348 e. The van der Waals surface area contributed by atoms with Crippen molar-refractivity contribution in [3.8, 4) is 0 Å². The molecular formula is C24H23F3N2O3. The summed E-state index contributed by atoms with van der Waals surface area (Å²) in [5.74, 6) is -2.96. The Balaban J connectivity index is 1.44. The van der Waals surface area contributed by atoms with Crippen LogP contribution in [0.25, 0.3) is 0 Å². The molecule has 1 aromatic heterocycles. The maximum Gasteiger partial charge on any atom is 0.257 e. The molecule has 0 spiro atoms. The highest BCUT2D eigenvalue weighted by molar-refractivity contribution is 6.00. The van der Waals surface area contributed by atoms with E-state index in [2.05, 4.69) is 5.32 Å². The van der Waals surface area contributed by atoms with Gasteiger partial charge in [-0.2, -0.15) is 0 Å². The molecule has 3 aliphatic rings. The summed E-state index contributed by atoms with van der Waals surface area (Å²) in [5, 5.41) is 2.34. The van der Waals surface area contributed by atoms with Gasteiger partial charge in [0.25, 0.3) is 5.91 Å². The van der Waals surface area contributed by atoms with Gasteiger partial charge in [0.15, 0.2) is 11.2 Å². The number of nitrogens with zero attached hydrogens (tertiary/aromatic N) is 1. The van der Waals surface area contributed by atoms with Crippen molar-refractivity contribution in [1.82, 2.24) is 9.88 Å². The van der Waals surface area contributed by atoms with Crippen LogP contribution in [0.15, 0.2) is 23.1 Å². The number of fused-ring (bicyclic) bond motifs is 5. The van der Waals surface area contributed by atoms with Crippen LogP contribution in [0.3, 0.4) is 0 Å². The van der Waals surface area contributed by atoms with E-state index in [-0.39, 0.29) is 28.7 Å². The molecule has 5 nitrogen and oxygen atoms in total. The number of rotatable bonds is 3. The average molecular weight is 444 g/mol.